The minimum atomic E-state index is -3.74. The quantitative estimate of drug-likeness (QED) is 0.827. The average molecular weight is 349 g/mol. The summed E-state index contributed by atoms with van der Waals surface area (Å²) >= 11 is 0. The van der Waals surface area contributed by atoms with E-state index in [0.29, 0.717) is 13.1 Å². The van der Waals surface area contributed by atoms with Crippen molar-refractivity contribution in [2.45, 2.75) is 24.3 Å². The van der Waals surface area contributed by atoms with Crippen LogP contribution in [0.1, 0.15) is 23.7 Å². The Bertz CT molecular complexity index is 635. The molecule has 6 nitrogen and oxygen atoms in total. The number of ether oxygens (including phenoxy) is 1. The van der Waals surface area contributed by atoms with Gasteiger partial charge in [0.2, 0.25) is 10.0 Å². The monoisotopic (exact) mass is 348 g/mol. The second kappa shape index (κ2) is 7.41. The normalized spacial score (nSPS) is 22.1. The van der Waals surface area contributed by atoms with E-state index in [1.807, 2.05) is 6.92 Å². The third kappa shape index (κ3) is 3.43. The van der Waals surface area contributed by atoms with Crippen molar-refractivity contribution in [2.24, 2.45) is 11.7 Å². The Kier molecular flexibility index (Phi) is 6.37. The maximum Gasteiger partial charge on any atom is 0.339 e. The number of sulfonamides is 1. The molecular formula is C14H21ClN2O4S. The van der Waals surface area contributed by atoms with Gasteiger partial charge in [0.1, 0.15) is 0 Å². The highest BCUT2D eigenvalue weighted by Crippen LogP contribution is 2.30. The summed E-state index contributed by atoms with van der Waals surface area (Å²) in [4.78, 5) is 11.8. The third-order valence-corrected chi connectivity index (χ3v) is 5.85. The minimum absolute atomic E-state index is 0. The van der Waals surface area contributed by atoms with Gasteiger partial charge >= 0.3 is 5.97 Å². The molecule has 0 aromatic heterocycles. The van der Waals surface area contributed by atoms with Crippen LogP contribution >= 0.6 is 12.4 Å². The van der Waals surface area contributed by atoms with Gasteiger partial charge in [0.25, 0.3) is 0 Å². The standard InChI is InChI=1S/C14H20N2O4S.ClH/c1-10-7-11(8-15)9-16(10)21(18,19)13-6-4-3-5-12(13)14(17)20-2;/h3-6,10-11H,7-9,15H2,1-2H3;1H. The average Bonchev–Trinajstić information content (AvgIpc) is 2.88. The summed E-state index contributed by atoms with van der Waals surface area (Å²) < 4.78 is 31.7. The van der Waals surface area contributed by atoms with Gasteiger partial charge in [0, 0.05) is 12.6 Å². The maximum absolute atomic E-state index is 12.8. The molecule has 0 radical (unpaired) electrons. The van der Waals surface area contributed by atoms with Gasteiger partial charge < -0.3 is 10.5 Å². The van der Waals surface area contributed by atoms with Crippen molar-refractivity contribution in [3.8, 4) is 0 Å². The highest BCUT2D eigenvalue weighted by molar-refractivity contribution is 7.89. The summed E-state index contributed by atoms with van der Waals surface area (Å²) in [5.74, 6) is -0.503. The number of esters is 1. The molecule has 124 valence electrons. The van der Waals surface area contributed by atoms with Crippen molar-refractivity contribution < 1.29 is 17.9 Å². The van der Waals surface area contributed by atoms with Crippen molar-refractivity contribution in [1.29, 1.82) is 0 Å². The molecule has 1 aliphatic rings. The summed E-state index contributed by atoms with van der Waals surface area (Å²) in [6.45, 7) is 2.69. The highest BCUT2D eigenvalue weighted by Gasteiger charge is 2.38. The lowest BCUT2D eigenvalue weighted by Gasteiger charge is -2.22. The van der Waals surface area contributed by atoms with Crippen molar-refractivity contribution in [2.75, 3.05) is 20.2 Å². The van der Waals surface area contributed by atoms with E-state index in [1.165, 1.54) is 23.5 Å². The van der Waals surface area contributed by atoms with Crippen LogP contribution in [0.25, 0.3) is 0 Å². The molecule has 2 atom stereocenters. The molecule has 1 aromatic rings. The van der Waals surface area contributed by atoms with E-state index in [0.717, 1.165) is 6.42 Å². The van der Waals surface area contributed by atoms with Crippen LogP contribution in [0.15, 0.2) is 29.2 Å². The lowest BCUT2D eigenvalue weighted by atomic mass is 10.1. The molecule has 8 heteroatoms. The Hall–Kier alpha value is -1.15. The van der Waals surface area contributed by atoms with E-state index < -0.39 is 16.0 Å². The maximum atomic E-state index is 12.8. The summed E-state index contributed by atoms with van der Waals surface area (Å²) in [6.07, 6.45) is 0.732. The van der Waals surface area contributed by atoms with E-state index in [9.17, 15) is 13.2 Å². The summed E-state index contributed by atoms with van der Waals surface area (Å²) in [7, 11) is -2.51. The smallest absolute Gasteiger partial charge is 0.339 e. The molecular weight excluding hydrogens is 328 g/mol. The van der Waals surface area contributed by atoms with Gasteiger partial charge in [-0.3, -0.25) is 0 Å². The van der Waals surface area contributed by atoms with Gasteiger partial charge in [0.15, 0.2) is 0 Å². The number of hydrogen-bond acceptors (Lipinski definition) is 5. The van der Waals surface area contributed by atoms with Crippen LogP contribution in [-0.4, -0.2) is 44.9 Å². The lowest BCUT2D eigenvalue weighted by molar-refractivity contribution is 0.0596. The zero-order chi connectivity index (χ0) is 15.6. The molecule has 1 fully saturated rings. The molecule has 2 N–H and O–H groups in total. The molecule has 22 heavy (non-hydrogen) atoms. The molecule has 0 bridgehead atoms. The molecule has 1 aromatic carbocycles. The number of rotatable bonds is 4. The van der Waals surface area contributed by atoms with E-state index >= 15 is 0 Å². The highest BCUT2D eigenvalue weighted by atomic mass is 35.5. The molecule has 0 saturated carbocycles. The lowest BCUT2D eigenvalue weighted by Crippen LogP contribution is -2.35. The Morgan fingerprint density at radius 3 is 2.59 bits per heavy atom. The molecule has 2 unspecified atom stereocenters. The fourth-order valence-corrected chi connectivity index (χ4v) is 4.61. The largest absolute Gasteiger partial charge is 0.465 e. The molecule has 0 amide bonds. The van der Waals surface area contributed by atoms with Gasteiger partial charge in [-0.25, -0.2) is 13.2 Å². The number of carbonyl (C=O) groups is 1. The van der Waals surface area contributed by atoms with Gasteiger partial charge in [-0.1, -0.05) is 12.1 Å². The second-order valence-corrected chi connectivity index (χ2v) is 7.11. The summed E-state index contributed by atoms with van der Waals surface area (Å²) in [5, 5.41) is 0. The van der Waals surface area contributed by atoms with E-state index in [2.05, 4.69) is 4.74 Å². The number of nitrogens with two attached hydrogens (primary N) is 1. The van der Waals surface area contributed by atoms with Crippen LogP contribution in [0.2, 0.25) is 0 Å². The summed E-state index contributed by atoms with van der Waals surface area (Å²) in [6, 6.07) is 5.97. The predicted octanol–water partition coefficient (Wildman–Crippen LogP) is 1.25. The Morgan fingerprint density at radius 1 is 1.41 bits per heavy atom. The SMILES string of the molecule is COC(=O)c1ccccc1S(=O)(=O)N1CC(CN)CC1C.Cl. The predicted molar refractivity (Wildman–Crippen MR) is 85.5 cm³/mol. The van der Waals surface area contributed by atoms with Crippen LogP contribution in [0.5, 0.6) is 0 Å². The van der Waals surface area contributed by atoms with Gasteiger partial charge in [0.05, 0.1) is 17.6 Å². The first-order valence-corrected chi connectivity index (χ1v) is 8.25. The topological polar surface area (TPSA) is 89.7 Å². The Morgan fingerprint density at radius 2 is 2.05 bits per heavy atom. The molecule has 2 rings (SSSR count). The van der Waals surface area contributed by atoms with Crippen LogP contribution in [0.3, 0.4) is 0 Å². The van der Waals surface area contributed by atoms with E-state index in [4.69, 9.17) is 5.73 Å². The van der Waals surface area contributed by atoms with Crippen molar-refractivity contribution >= 4 is 28.4 Å². The molecule has 1 saturated heterocycles. The molecule has 1 aliphatic heterocycles. The zero-order valence-electron chi connectivity index (χ0n) is 12.6. The van der Waals surface area contributed by atoms with Crippen LogP contribution in [0, 0.1) is 5.92 Å². The molecule has 1 heterocycles. The van der Waals surface area contributed by atoms with Crippen LogP contribution < -0.4 is 5.73 Å². The summed E-state index contributed by atoms with van der Waals surface area (Å²) in [5.41, 5.74) is 5.70. The molecule has 0 spiro atoms. The Labute approximate surface area is 137 Å². The second-order valence-electron chi connectivity index (χ2n) is 5.25. The number of nitrogens with zero attached hydrogens (tertiary/aromatic N) is 1. The number of hydrogen-bond donors (Lipinski definition) is 1. The van der Waals surface area contributed by atoms with E-state index in [1.54, 1.807) is 12.1 Å². The van der Waals surface area contributed by atoms with Gasteiger partial charge in [-0.15, -0.1) is 12.4 Å². The fraction of sp³-hybridized carbons (Fsp3) is 0.500. The first-order valence-electron chi connectivity index (χ1n) is 6.81. The minimum Gasteiger partial charge on any atom is -0.465 e. The van der Waals surface area contributed by atoms with Crippen LogP contribution in [0.4, 0.5) is 0 Å². The molecule has 0 aliphatic carbocycles. The van der Waals surface area contributed by atoms with Crippen molar-refractivity contribution in [1.82, 2.24) is 4.31 Å². The Balaban J connectivity index is 0.00000242. The van der Waals surface area contributed by atoms with E-state index in [-0.39, 0.29) is 34.8 Å². The fourth-order valence-electron chi connectivity index (χ4n) is 2.71. The van der Waals surface area contributed by atoms with Crippen molar-refractivity contribution in [3.05, 3.63) is 29.8 Å². The van der Waals surface area contributed by atoms with Crippen LogP contribution in [-0.2, 0) is 14.8 Å². The number of methoxy groups -OCH3 is 1. The first kappa shape index (κ1) is 18.9. The van der Waals surface area contributed by atoms with Gasteiger partial charge in [-0.2, -0.15) is 4.31 Å². The van der Waals surface area contributed by atoms with Crippen molar-refractivity contribution in [3.63, 3.8) is 0 Å². The number of halogens is 1. The van der Waals surface area contributed by atoms with Gasteiger partial charge in [-0.05, 0) is 37.9 Å². The first-order chi connectivity index (χ1) is 9.91. The number of benzene rings is 1. The zero-order valence-corrected chi connectivity index (χ0v) is 14.2. The number of carbonyl (C=O) groups excluding carboxylic acids is 1. The third-order valence-electron chi connectivity index (χ3n) is 3.82.